The quantitative estimate of drug-likeness (QED) is 0.535. The SMILES string of the molecule is CCCCC(CC)C(=O)[O-].CCCCC(CC)Cn1cc[n+](CC)c1. The molecular formula is C21H40N2O2. The lowest BCUT2D eigenvalue weighted by molar-refractivity contribution is -0.693. The van der Waals surface area contributed by atoms with Crippen LogP contribution in [-0.2, 0) is 17.9 Å². The zero-order valence-corrected chi connectivity index (χ0v) is 17.2. The number of carbonyl (C=O) groups is 1. The molecule has 146 valence electrons. The molecule has 4 heteroatoms. The summed E-state index contributed by atoms with van der Waals surface area (Å²) in [5, 5.41) is 10.3. The van der Waals surface area contributed by atoms with Gasteiger partial charge in [-0.25, -0.2) is 9.13 Å². The van der Waals surface area contributed by atoms with Crippen molar-refractivity contribution < 1.29 is 14.5 Å². The number of carboxylic acids is 1. The average Bonchev–Trinajstić information content (AvgIpc) is 3.07. The highest BCUT2D eigenvalue weighted by Crippen LogP contribution is 2.14. The van der Waals surface area contributed by atoms with Crippen molar-refractivity contribution in [3.05, 3.63) is 18.7 Å². The maximum Gasteiger partial charge on any atom is 0.243 e. The van der Waals surface area contributed by atoms with Gasteiger partial charge in [0.15, 0.2) is 0 Å². The molecule has 2 atom stereocenters. The van der Waals surface area contributed by atoms with Gasteiger partial charge in [-0.05, 0) is 44.4 Å². The van der Waals surface area contributed by atoms with Gasteiger partial charge in [0.05, 0.1) is 13.1 Å². The molecule has 0 fully saturated rings. The molecule has 0 spiro atoms. The molecule has 0 N–H and O–H groups in total. The Bertz CT molecular complexity index is 443. The van der Waals surface area contributed by atoms with Gasteiger partial charge in [0.2, 0.25) is 6.33 Å². The van der Waals surface area contributed by atoms with Gasteiger partial charge in [0.25, 0.3) is 0 Å². The molecule has 0 aromatic carbocycles. The normalized spacial score (nSPS) is 13.0. The van der Waals surface area contributed by atoms with E-state index < -0.39 is 5.97 Å². The van der Waals surface area contributed by atoms with E-state index in [1.54, 1.807) is 0 Å². The molecule has 0 radical (unpaired) electrons. The predicted octanol–water partition coefficient (Wildman–Crippen LogP) is 3.96. The number of imidazole rings is 1. The number of aliphatic carboxylic acids is 1. The summed E-state index contributed by atoms with van der Waals surface area (Å²) in [5.74, 6) is -0.265. The van der Waals surface area contributed by atoms with Crippen LogP contribution in [0.3, 0.4) is 0 Å². The summed E-state index contributed by atoms with van der Waals surface area (Å²) < 4.78 is 4.56. The van der Waals surface area contributed by atoms with Gasteiger partial charge in [-0.15, -0.1) is 0 Å². The fourth-order valence-corrected chi connectivity index (χ4v) is 2.89. The summed E-state index contributed by atoms with van der Waals surface area (Å²) in [4.78, 5) is 10.3. The van der Waals surface area contributed by atoms with Crippen molar-refractivity contribution in [3.8, 4) is 0 Å². The molecule has 4 nitrogen and oxygen atoms in total. The number of aromatic nitrogens is 2. The Morgan fingerprint density at radius 1 is 1.04 bits per heavy atom. The Kier molecular flexibility index (Phi) is 14.2. The zero-order chi connectivity index (χ0) is 19.1. The van der Waals surface area contributed by atoms with Gasteiger partial charge >= 0.3 is 0 Å². The molecule has 25 heavy (non-hydrogen) atoms. The number of hydrogen-bond donors (Lipinski definition) is 0. The smallest absolute Gasteiger partial charge is 0.243 e. The number of rotatable bonds is 12. The third kappa shape index (κ3) is 11.0. The average molecular weight is 353 g/mol. The Morgan fingerprint density at radius 3 is 2.12 bits per heavy atom. The second kappa shape index (κ2) is 15.0. The third-order valence-electron chi connectivity index (χ3n) is 4.86. The zero-order valence-electron chi connectivity index (χ0n) is 17.2. The van der Waals surface area contributed by atoms with Gasteiger partial charge < -0.3 is 9.90 Å². The molecule has 0 aliphatic rings. The number of unbranched alkanes of at least 4 members (excludes halogenated alkanes) is 2. The molecule has 0 bridgehead atoms. The number of aryl methyl sites for hydroxylation is 1. The van der Waals surface area contributed by atoms with E-state index in [4.69, 9.17) is 0 Å². The molecule has 1 rings (SSSR count). The number of hydrogen-bond acceptors (Lipinski definition) is 2. The van der Waals surface area contributed by atoms with Crippen LogP contribution in [0, 0.1) is 11.8 Å². The fourth-order valence-electron chi connectivity index (χ4n) is 2.89. The third-order valence-corrected chi connectivity index (χ3v) is 4.86. The van der Waals surface area contributed by atoms with Crippen LogP contribution >= 0.6 is 0 Å². The highest BCUT2D eigenvalue weighted by molar-refractivity contribution is 5.67. The van der Waals surface area contributed by atoms with Crippen LogP contribution in [0.1, 0.15) is 86.0 Å². The van der Waals surface area contributed by atoms with Gasteiger partial charge in [-0.2, -0.15) is 0 Å². The van der Waals surface area contributed by atoms with Crippen LogP contribution in [0.5, 0.6) is 0 Å². The standard InChI is InChI=1S/C13H25N2.C8H16O2/c1-4-7-8-13(5-2)11-15-10-9-14(6-3)12-15;1-3-5-6-7(4-2)8(9)10/h9-10,12-13H,4-8,11H2,1-3H3;7H,3-6H2,1-2H3,(H,9,10)/q+1;/p-1. The van der Waals surface area contributed by atoms with E-state index in [-0.39, 0.29) is 5.92 Å². The first-order valence-electron chi connectivity index (χ1n) is 10.3. The van der Waals surface area contributed by atoms with Crippen molar-refractivity contribution in [2.45, 2.75) is 99.1 Å². The number of carboxylic acid groups (broad SMARTS) is 1. The van der Waals surface area contributed by atoms with Gasteiger partial charge in [0.1, 0.15) is 12.4 Å². The molecule has 0 saturated heterocycles. The number of nitrogens with zero attached hydrogens (tertiary/aromatic N) is 2. The van der Waals surface area contributed by atoms with Crippen LogP contribution < -0.4 is 9.67 Å². The molecule has 0 aliphatic heterocycles. The lowest BCUT2D eigenvalue weighted by Gasteiger charge is -2.14. The minimum atomic E-state index is -0.893. The fraction of sp³-hybridized carbons (Fsp3) is 0.810. The van der Waals surface area contributed by atoms with E-state index in [9.17, 15) is 9.90 Å². The highest BCUT2D eigenvalue weighted by atomic mass is 16.4. The highest BCUT2D eigenvalue weighted by Gasteiger charge is 2.10. The topological polar surface area (TPSA) is 48.9 Å². The summed E-state index contributed by atoms with van der Waals surface area (Å²) >= 11 is 0. The van der Waals surface area contributed by atoms with Crippen molar-refractivity contribution in [3.63, 3.8) is 0 Å². The first-order valence-corrected chi connectivity index (χ1v) is 10.3. The van der Waals surface area contributed by atoms with E-state index in [1.165, 1.54) is 32.2 Å². The van der Waals surface area contributed by atoms with Crippen molar-refractivity contribution in [1.29, 1.82) is 0 Å². The molecule has 1 aromatic rings. The lowest BCUT2D eigenvalue weighted by atomic mass is 9.99. The Hall–Kier alpha value is -1.32. The molecule has 1 heterocycles. The molecule has 2 unspecified atom stereocenters. The van der Waals surface area contributed by atoms with E-state index >= 15 is 0 Å². The van der Waals surface area contributed by atoms with Crippen molar-refractivity contribution >= 4 is 5.97 Å². The van der Waals surface area contributed by atoms with Crippen LogP contribution in [0.25, 0.3) is 0 Å². The Labute approximate surface area is 155 Å². The first kappa shape index (κ1) is 23.7. The van der Waals surface area contributed by atoms with E-state index in [0.29, 0.717) is 6.42 Å². The van der Waals surface area contributed by atoms with Crippen molar-refractivity contribution in [1.82, 2.24) is 4.57 Å². The van der Waals surface area contributed by atoms with E-state index in [2.05, 4.69) is 55.6 Å². The van der Waals surface area contributed by atoms with Crippen molar-refractivity contribution in [2.24, 2.45) is 11.8 Å². The maximum atomic E-state index is 10.3. The summed E-state index contributed by atoms with van der Waals surface area (Å²) in [6.45, 7) is 12.9. The van der Waals surface area contributed by atoms with Crippen LogP contribution in [0.2, 0.25) is 0 Å². The predicted molar refractivity (Wildman–Crippen MR) is 102 cm³/mol. The summed E-state index contributed by atoms with van der Waals surface area (Å²) in [7, 11) is 0. The van der Waals surface area contributed by atoms with Crippen LogP contribution in [0.15, 0.2) is 18.7 Å². The molecule has 1 aromatic heterocycles. The second-order valence-corrected chi connectivity index (χ2v) is 6.92. The van der Waals surface area contributed by atoms with E-state index in [1.807, 2.05) is 6.92 Å². The minimum Gasteiger partial charge on any atom is -0.550 e. The minimum absolute atomic E-state index is 0.222. The first-order chi connectivity index (χ1) is 12.0. The summed E-state index contributed by atoms with van der Waals surface area (Å²) in [6, 6.07) is 0. The largest absolute Gasteiger partial charge is 0.550 e. The maximum absolute atomic E-state index is 10.3. The van der Waals surface area contributed by atoms with Gasteiger partial charge in [-0.1, -0.05) is 53.4 Å². The van der Waals surface area contributed by atoms with Crippen LogP contribution in [-0.4, -0.2) is 10.5 Å². The molecule has 0 saturated carbocycles. The second-order valence-electron chi connectivity index (χ2n) is 6.92. The molecule has 0 amide bonds. The Morgan fingerprint density at radius 2 is 1.68 bits per heavy atom. The van der Waals surface area contributed by atoms with Gasteiger partial charge in [0, 0.05) is 5.97 Å². The Balaban J connectivity index is 0.000000504. The van der Waals surface area contributed by atoms with E-state index in [0.717, 1.165) is 31.7 Å². The van der Waals surface area contributed by atoms with Crippen LogP contribution in [0.4, 0.5) is 0 Å². The van der Waals surface area contributed by atoms with Gasteiger partial charge in [-0.3, -0.25) is 0 Å². The summed E-state index contributed by atoms with van der Waals surface area (Å²) in [6.07, 6.45) is 15.4. The van der Waals surface area contributed by atoms with Crippen molar-refractivity contribution in [2.75, 3.05) is 0 Å². The molecular weight excluding hydrogens is 312 g/mol. The number of carbonyl (C=O) groups excluding carboxylic acids is 1. The molecule has 0 aliphatic carbocycles. The monoisotopic (exact) mass is 352 g/mol. The lowest BCUT2D eigenvalue weighted by Crippen LogP contribution is -2.30. The summed E-state index contributed by atoms with van der Waals surface area (Å²) in [5.41, 5.74) is 0.